The van der Waals surface area contributed by atoms with Crippen molar-refractivity contribution < 1.29 is 23.8 Å². The predicted molar refractivity (Wildman–Crippen MR) is 97.4 cm³/mol. The van der Waals surface area contributed by atoms with Crippen LogP contribution in [0.1, 0.15) is 11.5 Å². The van der Waals surface area contributed by atoms with Crippen LogP contribution in [0.5, 0.6) is 0 Å². The first-order valence-corrected chi connectivity index (χ1v) is 9.55. The first-order chi connectivity index (χ1) is 14.0. The number of cyclic esters (lactones) is 1. The van der Waals surface area contributed by atoms with Gasteiger partial charge in [0, 0.05) is 19.3 Å². The number of benzene rings is 1. The van der Waals surface area contributed by atoms with Crippen LogP contribution in [0.3, 0.4) is 0 Å². The van der Waals surface area contributed by atoms with E-state index in [0.29, 0.717) is 37.4 Å². The maximum atomic E-state index is 14.8. The summed E-state index contributed by atoms with van der Waals surface area (Å²) >= 11 is 0. The summed E-state index contributed by atoms with van der Waals surface area (Å²) < 4.78 is 21.8. The average Bonchev–Trinajstić information content (AvgIpc) is 3.17. The average molecular weight is 401 g/mol. The van der Waals surface area contributed by atoms with Crippen LogP contribution in [0.15, 0.2) is 30.6 Å². The number of fused-ring (bicyclic) bond motifs is 1. The third-order valence-electron chi connectivity index (χ3n) is 6.07. The Balaban J connectivity index is 1.25. The van der Waals surface area contributed by atoms with E-state index in [2.05, 4.69) is 10.3 Å². The van der Waals surface area contributed by atoms with E-state index in [4.69, 9.17) is 9.84 Å². The zero-order valence-corrected chi connectivity index (χ0v) is 15.5. The van der Waals surface area contributed by atoms with Crippen molar-refractivity contribution in [1.82, 2.24) is 19.9 Å². The number of nitrogens with zero attached hydrogens (tertiary/aromatic N) is 5. The zero-order valence-electron chi connectivity index (χ0n) is 15.5. The second-order valence-electron chi connectivity index (χ2n) is 7.76. The second kappa shape index (κ2) is 6.80. The van der Waals surface area contributed by atoms with Crippen LogP contribution in [0, 0.1) is 17.7 Å². The van der Waals surface area contributed by atoms with Gasteiger partial charge in [0.15, 0.2) is 0 Å². The Bertz CT molecular complexity index is 940. The van der Waals surface area contributed by atoms with Crippen molar-refractivity contribution in [1.29, 1.82) is 0 Å². The summed E-state index contributed by atoms with van der Waals surface area (Å²) in [7, 11) is 0. The number of hydrogen-bond acceptors (Lipinski definition) is 6. The molecule has 1 aromatic carbocycles. The highest BCUT2D eigenvalue weighted by atomic mass is 19.1. The molecule has 152 valence electrons. The van der Waals surface area contributed by atoms with Gasteiger partial charge < -0.3 is 14.7 Å². The van der Waals surface area contributed by atoms with Gasteiger partial charge in [0.2, 0.25) is 5.91 Å². The lowest BCUT2D eigenvalue weighted by atomic mass is 10.0. The van der Waals surface area contributed by atoms with Gasteiger partial charge in [-0.3, -0.25) is 9.69 Å². The molecular formula is C19H20FN5O4. The fourth-order valence-corrected chi connectivity index (χ4v) is 4.61. The van der Waals surface area contributed by atoms with Crippen LogP contribution in [0.25, 0.3) is 0 Å². The van der Waals surface area contributed by atoms with Crippen molar-refractivity contribution in [3.05, 3.63) is 42.0 Å². The topological polar surface area (TPSA) is 101 Å². The lowest BCUT2D eigenvalue weighted by Gasteiger charge is -2.19. The Hall–Kier alpha value is -3.01. The number of piperidine rings is 1. The Kier molecular flexibility index (Phi) is 4.23. The van der Waals surface area contributed by atoms with E-state index in [1.165, 1.54) is 11.0 Å². The van der Waals surface area contributed by atoms with E-state index in [9.17, 15) is 14.0 Å². The zero-order chi connectivity index (χ0) is 20.1. The molecular weight excluding hydrogens is 381 g/mol. The number of ether oxygens (including phenoxy) is 1. The summed E-state index contributed by atoms with van der Waals surface area (Å²) in [4.78, 5) is 26.9. The number of likely N-dealkylation sites (tertiary alicyclic amines) is 1. The number of carbonyl (C=O) groups excluding carboxylic acids is 2. The van der Waals surface area contributed by atoms with Crippen molar-refractivity contribution in [2.45, 2.75) is 18.6 Å². The van der Waals surface area contributed by atoms with Crippen LogP contribution in [0.2, 0.25) is 0 Å². The number of aliphatic hydroxyl groups excluding tert-OH is 1. The Morgan fingerprint density at radius 1 is 1.28 bits per heavy atom. The van der Waals surface area contributed by atoms with E-state index < -0.39 is 12.7 Å². The molecule has 29 heavy (non-hydrogen) atoms. The largest absolute Gasteiger partial charge is 0.442 e. The Morgan fingerprint density at radius 3 is 2.72 bits per heavy atom. The van der Waals surface area contributed by atoms with Crippen LogP contribution in [-0.4, -0.2) is 69.3 Å². The van der Waals surface area contributed by atoms with E-state index >= 15 is 0 Å². The number of amides is 2. The van der Waals surface area contributed by atoms with Gasteiger partial charge in [0.05, 0.1) is 25.0 Å². The number of aromatic nitrogens is 3. The molecule has 3 aliphatic rings. The molecule has 1 saturated carbocycles. The van der Waals surface area contributed by atoms with Crippen LogP contribution < -0.4 is 4.90 Å². The lowest BCUT2D eigenvalue weighted by Crippen LogP contribution is -2.33. The minimum Gasteiger partial charge on any atom is -0.442 e. The summed E-state index contributed by atoms with van der Waals surface area (Å²) in [6, 6.07) is 4.84. The maximum Gasteiger partial charge on any atom is 0.414 e. The number of aliphatic hydroxyl groups is 1. The van der Waals surface area contributed by atoms with Gasteiger partial charge in [0.1, 0.15) is 18.5 Å². The quantitative estimate of drug-likeness (QED) is 0.788. The fourth-order valence-electron chi connectivity index (χ4n) is 4.61. The molecule has 0 bridgehead atoms. The predicted octanol–water partition coefficient (Wildman–Crippen LogP) is 0.607. The molecule has 1 unspecified atom stereocenters. The standard InChI is InChI=1S/C19H20FN5O4/c20-16-5-11(25-7-12(29-19(25)28)6-24-4-3-21-22-24)1-2-13(16)18-14-8-23(9-15(14)18)17(27)10-26/h1-5,12,14-15,18,26H,6-10H2/t12-,14-,15+,18?/m0/s1. The van der Waals surface area contributed by atoms with Crippen molar-refractivity contribution in [2.24, 2.45) is 11.8 Å². The molecule has 1 aliphatic carbocycles. The van der Waals surface area contributed by atoms with Crippen molar-refractivity contribution in [3.8, 4) is 0 Å². The third kappa shape index (κ3) is 3.13. The summed E-state index contributed by atoms with van der Waals surface area (Å²) in [5.41, 5.74) is 1.08. The normalized spacial score (nSPS) is 27.9. The first kappa shape index (κ1) is 18.0. The van der Waals surface area contributed by atoms with Crippen molar-refractivity contribution in [3.63, 3.8) is 0 Å². The molecule has 2 saturated heterocycles. The molecule has 9 nitrogen and oxygen atoms in total. The molecule has 4 atom stereocenters. The van der Waals surface area contributed by atoms with Gasteiger partial charge in [-0.2, -0.15) is 0 Å². The first-order valence-electron chi connectivity index (χ1n) is 9.55. The second-order valence-corrected chi connectivity index (χ2v) is 7.76. The maximum absolute atomic E-state index is 14.8. The minimum atomic E-state index is -0.510. The van der Waals surface area contributed by atoms with E-state index in [1.54, 1.807) is 34.1 Å². The SMILES string of the molecule is O=C(CO)N1C[C@@H]2C(c3ccc(N4C[C@H](Cn5ccnn5)OC4=O)cc3F)[C@@H]2C1. The molecule has 0 spiro atoms. The molecule has 1 N–H and O–H groups in total. The summed E-state index contributed by atoms with van der Waals surface area (Å²) in [6.45, 7) is 1.31. The van der Waals surface area contributed by atoms with Crippen LogP contribution in [0.4, 0.5) is 14.9 Å². The van der Waals surface area contributed by atoms with Crippen molar-refractivity contribution in [2.75, 3.05) is 31.1 Å². The molecule has 3 fully saturated rings. The highest BCUT2D eigenvalue weighted by Crippen LogP contribution is 2.58. The number of hydrogen-bond donors (Lipinski definition) is 1. The summed E-state index contributed by atoms with van der Waals surface area (Å²) in [6.07, 6.45) is 2.34. The van der Waals surface area contributed by atoms with E-state index in [1.807, 2.05) is 0 Å². The smallest absolute Gasteiger partial charge is 0.414 e. The number of rotatable bonds is 5. The number of halogens is 1. The Morgan fingerprint density at radius 2 is 2.07 bits per heavy atom. The van der Waals surface area contributed by atoms with Gasteiger partial charge >= 0.3 is 6.09 Å². The number of carbonyl (C=O) groups is 2. The summed E-state index contributed by atoms with van der Waals surface area (Å²) in [5, 5.41) is 16.6. The van der Waals surface area contributed by atoms with E-state index in [0.717, 1.165) is 0 Å². The molecule has 2 aliphatic heterocycles. The molecule has 2 aromatic rings. The highest BCUT2D eigenvalue weighted by Gasteiger charge is 2.57. The monoisotopic (exact) mass is 401 g/mol. The van der Waals surface area contributed by atoms with Gasteiger partial charge in [-0.25, -0.2) is 13.9 Å². The van der Waals surface area contributed by atoms with Gasteiger partial charge in [-0.05, 0) is 35.4 Å². The summed E-state index contributed by atoms with van der Waals surface area (Å²) in [5.74, 6) is -0.0871. The van der Waals surface area contributed by atoms with Gasteiger partial charge in [-0.1, -0.05) is 11.3 Å². The molecule has 2 amide bonds. The number of anilines is 1. The van der Waals surface area contributed by atoms with Crippen LogP contribution in [-0.2, 0) is 16.1 Å². The fraction of sp³-hybridized carbons (Fsp3) is 0.474. The lowest BCUT2D eigenvalue weighted by molar-refractivity contribution is -0.133. The third-order valence-corrected chi connectivity index (χ3v) is 6.07. The Labute approximate surface area is 165 Å². The van der Waals surface area contributed by atoms with Gasteiger partial charge in [-0.15, -0.1) is 5.10 Å². The molecule has 5 rings (SSSR count). The molecule has 1 aromatic heterocycles. The van der Waals surface area contributed by atoms with Crippen molar-refractivity contribution >= 4 is 17.7 Å². The highest BCUT2D eigenvalue weighted by molar-refractivity contribution is 5.89. The van der Waals surface area contributed by atoms with Crippen LogP contribution >= 0.6 is 0 Å². The molecule has 0 radical (unpaired) electrons. The van der Waals surface area contributed by atoms with E-state index in [-0.39, 0.29) is 35.6 Å². The molecule has 3 heterocycles. The van der Waals surface area contributed by atoms with Gasteiger partial charge in [0.25, 0.3) is 0 Å². The molecule has 10 heteroatoms. The minimum absolute atomic E-state index is 0.0809.